The Hall–Kier alpha value is -1.66. The van der Waals surface area contributed by atoms with E-state index in [4.69, 9.17) is 19.8 Å². The average molecular weight is 290 g/mol. The van der Waals surface area contributed by atoms with Gasteiger partial charge in [0.1, 0.15) is 0 Å². The molecule has 0 aliphatic heterocycles. The molecule has 0 heterocycles. The number of aliphatic hydroxyl groups is 2. The largest absolute Gasteiger partial charge is 0.481 e. The summed E-state index contributed by atoms with van der Waals surface area (Å²) < 4.78 is 0. The lowest BCUT2D eigenvalue weighted by atomic mass is 9.96. The van der Waals surface area contributed by atoms with E-state index in [1.54, 1.807) is 19.9 Å². The average Bonchev–Trinajstić information content (AvgIpc) is 2.22. The van der Waals surface area contributed by atoms with Gasteiger partial charge >= 0.3 is 0 Å². The van der Waals surface area contributed by atoms with Crippen molar-refractivity contribution in [3.8, 4) is 0 Å². The normalized spacial score (nSPS) is 10.9. The molecule has 0 aromatic heterocycles. The smallest absolute Gasteiger partial charge is 0.300 e. The van der Waals surface area contributed by atoms with Crippen molar-refractivity contribution in [2.24, 2.45) is 0 Å². The van der Waals surface area contributed by atoms with Crippen molar-refractivity contribution in [2.75, 3.05) is 0 Å². The fraction of sp³-hybridized carbons (Fsp3) is 0.571. The molecule has 118 valence electrons. The van der Waals surface area contributed by atoms with Crippen LogP contribution in [-0.2, 0) is 9.59 Å². The Morgan fingerprint density at radius 2 is 1.50 bits per heavy atom. The van der Waals surface area contributed by atoms with Crippen LogP contribution in [0.4, 0.5) is 0 Å². The van der Waals surface area contributed by atoms with Gasteiger partial charge < -0.3 is 20.4 Å². The Morgan fingerprint density at radius 1 is 1.20 bits per heavy atom. The highest BCUT2D eigenvalue weighted by Gasteiger charge is 2.23. The molecule has 0 radical (unpaired) electrons. The van der Waals surface area contributed by atoms with E-state index in [2.05, 4.69) is 13.2 Å². The highest BCUT2D eigenvalue weighted by Crippen LogP contribution is 2.15. The lowest BCUT2D eigenvalue weighted by Gasteiger charge is -2.24. The molecule has 0 rings (SSSR count). The summed E-state index contributed by atoms with van der Waals surface area (Å²) in [6, 6.07) is 0. The SMILES string of the molecule is C=CC(=C)CCC(O)C(C)(C)O.CC(=O)O.CC(=O)O. The van der Waals surface area contributed by atoms with Gasteiger partial charge in [-0.25, -0.2) is 0 Å². The fourth-order valence-electron chi connectivity index (χ4n) is 0.777. The van der Waals surface area contributed by atoms with Crippen LogP contribution in [0.3, 0.4) is 0 Å². The summed E-state index contributed by atoms with van der Waals surface area (Å²) in [6.07, 6.45) is 2.16. The van der Waals surface area contributed by atoms with Gasteiger partial charge in [0.15, 0.2) is 0 Å². The van der Waals surface area contributed by atoms with Crippen molar-refractivity contribution >= 4 is 11.9 Å². The molecule has 6 nitrogen and oxygen atoms in total. The number of rotatable bonds is 5. The number of aliphatic carboxylic acids is 2. The van der Waals surface area contributed by atoms with Gasteiger partial charge in [0.2, 0.25) is 0 Å². The van der Waals surface area contributed by atoms with Crippen LogP contribution in [0, 0.1) is 0 Å². The molecule has 0 aromatic carbocycles. The fourth-order valence-corrected chi connectivity index (χ4v) is 0.777. The Morgan fingerprint density at radius 3 is 1.70 bits per heavy atom. The van der Waals surface area contributed by atoms with Gasteiger partial charge in [-0.1, -0.05) is 24.8 Å². The standard InChI is InChI=1S/C10H18O2.2C2H4O2/c1-5-8(2)6-7-9(11)10(3,4)12;2*1-2(3)4/h5,9,11-12H,1-2,6-7H2,3-4H3;2*1H3,(H,3,4). The zero-order valence-electron chi connectivity index (χ0n) is 12.6. The minimum atomic E-state index is -1.03. The van der Waals surface area contributed by atoms with Gasteiger partial charge in [-0.05, 0) is 26.7 Å². The first-order valence-corrected chi connectivity index (χ1v) is 5.94. The van der Waals surface area contributed by atoms with Crippen molar-refractivity contribution in [1.29, 1.82) is 0 Å². The van der Waals surface area contributed by atoms with Crippen molar-refractivity contribution in [2.45, 2.75) is 52.2 Å². The van der Waals surface area contributed by atoms with E-state index in [1.165, 1.54) is 0 Å². The summed E-state index contributed by atoms with van der Waals surface area (Å²) in [6.45, 7) is 12.6. The third kappa shape index (κ3) is 29.9. The maximum atomic E-state index is 9.40. The van der Waals surface area contributed by atoms with Crippen molar-refractivity contribution in [3.63, 3.8) is 0 Å². The highest BCUT2D eigenvalue weighted by atomic mass is 16.4. The Bertz CT molecular complexity index is 294. The first kappa shape index (κ1) is 23.4. The van der Waals surface area contributed by atoms with Gasteiger partial charge in [-0.3, -0.25) is 9.59 Å². The predicted octanol–water partition coefficient (Wildman–Crippen LogP) is 1.82. The molecule has 0 fully saturated rings. The van der Waals surface area contributed by atoms with Gasteiger partial charge in [0.25, 0.3) is 11.9 Å². The molecule has 0 bridgehead atoms. The molecule has 0 spiro atoms. The Balaban J connectivity index is -0.000000297. The Labute approximate surface area is 120 Å². The summed E-state index contributed by atoms with van der Waals surface area (Å²) in [5, 5.41) is 33.6. The molecule has 4 N–H and O–H groups in total. The monoisotopic (exact) mass is 290 g/mol. The van der Waals surface area contributed by atoms with E-state index in [9.17, 15) is 10.2 Å². The number of hydrogen-bond acceptors (Lipinski definition) is 4. The second kappa shape index (κ2) is 12.4. The van der Waals surface area contributed by atoms with Crippen LogP contribution >= 0.6 is 0 Å². The minimum absolute atomic E-state index is 0.522. The second-order valence-electron chi connectivity index (χ2n) is 4.61. The van der Waals surface area contributed by atoms with Gasteiger partial charge in [0, 0.05) is 13.8 Å². The van der Waals surface area contributed by atoms with Crippen LogP contribution in [0.15, 0.2) is 24.8 Å². The zero-order valence-corrected chi connectivity index (χ0v) is 12.6. The highest BCUT2D eigenvalue weighted by molar-refractivity contribution is 5.63. The van der Waals surface area contributed by atoms with E-state index in [1.807, 2.05) is 0 Å². The van der Waals surface area contributed by atoms with E-state index in [0.717, 1.165) is 19.4 Å². The predicted molar refractivity (Wildman–Crippen MR) is 77.5 cm³/mol. The zero-order chi connectivity index (χ0) is 16.9. The number of aliphatic hydroxyl groups excluding tert-OH is 1. The van der Waals surface area contributed by atoms with E-state index >= 15 is 0 Å². The van der Waals surface area contributed by atoms with Crippen molar-refractivity contribution in [1.82, 2.24) is 0 Å². The van der Waals surface area contributed by atoms with E-state index < -0.39 is 23.6 Å². The van der Waals surface area contributed by atoms with Crippen molar-refractivity contribution < 1.29 is 30.0 Å². The van der Waals surface area contributed by atoms with Gasteiger partial charge in [-0.15, -0.1) is 0 Å². The summed E-state index contributed by atoms with van der Waals surface area (Å²) in [5.74, 6) is -1.67. The maximum Gasteiger partial charge on any atom is 0.300 e. The molecule has 1 atom stereocenters. The van der Waals surface area contributed by atoms with Crippen LogP contribution in [-0.4, -0.2) is 44.1 Å². The van der Waals surface area contributed by atoms with Crippen LogP contribution in [0.25, 0.3) is 0 Å². The topological polar surface area (TPSA) is 115 Å². The second-order valence-corrected chi connectivity index (χ2v) is 4.61. The molecular weight excluding hydrogens is 264 g/mol. The molecule has 0 saturated heterocycles. The van der Waals surface area contributed by atoms with Crippen LogP contribution in [0.1, 0.15) is 40.5 Å². The van der Waals surface area contributed by atoms with Gasteiger partial charge in [-0.2, -0.15) is 0 Å². The Kier molecular flexibility index (Phi) is 14.5. The summed E-state index contributed by atoms with van der Waals surface area (Å²) in [5.41, 5.74) is -0.139. The number of carboxylic acid groups (broad SMARTS) is 2. The first-order chi connectivity index (χ1) is 8.84. The number of allylic oxidation sites excluding steroid dienone is 2. The third-order valence-corrected chi connectivity index (χ3v) is 1.84. The van der Waals surface area contributed by atoms with E-state index in [-0.39, 0.29) is 0 Å². The molecule has 20 heavy (non-hydrogen) atoms. The number of carboxylic acids is 2. The maximum absolute atomic E-state index is 9.40. The quantitative estimate of drug-likeness (QED) is 0.574. The molecule has 0 aromatic rings. The first-order valence-electron chi connectivity index (χ1n) is 5.94. The minimum Gasteiger partial charge on any atom is -0.481 e. The van der Waals surface area contributed by atoms with Crippen LogP contribution < -0.4 is 0 Å². The molecule has 0 aliphatic carbocycles. The molecule has 6 heteroatoms. The summed E-state index contributed by atoms with van der Waals surface area (Å²) in [4.78, 5) is 18.0. The lowest BCUT2D eigenvalue weighted by Crippen LogP contribution is -2.35. The van der Waals surface area contributed by atoms with E-state index in [0.29, 0.717) is 12.8 Å². The summed E-state index contributed by atoms with van der Waals surface area (Å²) in [7, 11) is 0. The third-order valence-electron chi connectivity index (χ3n) is 1.84. The lowest BCUT2D eigenvalue weighted by molar-refractivity contribution is -0.135. The van der Waals surface area contributed by atoms with Gasteiger partial charge in [0.05, 0.1) is 11.7 Å². The van der Waals surface area contributed by atoms with Crippen molar-refractivity contribution in [3.05, 3.63) is 24.8 Å². The molecule has 0 amide bonds. The number of hydrogen-bond donors (Lipinski definition) is 4. The molecule has 0 saturated carbocycles. The molecule has 1 unspecified atom stereocenters. The van der Waals surface area contributed by atoms with Crippen LogP contribution in [0.5, 0.6) is 0 Å². The molecular formula is C14H26O6. The number of carbonyl (C=O) groups is 2. The summed E-state index contributed by atoms with van der Waals surface area (Å²) >= 11 is 0. The molecule has 0 aliphatic rings. The van der Waals surface area contributed by atoms with Crippen LogP contribution in [0.2, 0.25) is 0 Å².